The molecule has 1 aromatic rings. The molecule has 3 nitrogen and oxygen atoms in total. The zero-order valence-electron chi connectivity index (χ0n) is 12.8. The van der Waals surface area contributed by atoms with Crippen molar-refractivity contribution in [3.05, 3.63) is 29.6 Å². The maximum absolute atomic E-state index is 14.2. The van der Waals surface area contributed by atoms with Gasteiger partial charge in [0.15, 0.2) is 0 Å². The Labute approximate surface area is 121 Å². The van der Waals surface area contributed by atoms with Gasteiger partial charge in [0.05, 0.1) is 12.5 Å². The summed E-state index contributed by atoms with van der Waals surface area (Å²) >= 11 is 0. The Hall–Kier alpha value is -1.60. The van der Waals surface area contributed by atoms with E-state index in [4.69, 9.17) is 5.26 Å². The quantitative estimate of drug-likeness (QED) is 0.827. The van der Waals surface area contributed by atoms with Crippen molar-refractivity contribution >= 4 is 5.69 Å². The number of hydrogen-bond donors (Lipinski definition) is 1. The fourth-order valence-corrected chi connectivity index (χ4v) is 2.23. The molecule has 0 aliphatic rings. The van der Waals surface area contributed by atoms with Crippen molar-refractivity contribution in [3.8, 4) is 6.07 Å². The van der Waals surface area contributed by atoms with E-state index < -0.39 is 0 Å². The molecular weight excluding hydrogens is 253 g/mol. The Morgan fingerprint density at radius 2 is 2.10 bits per heavy atom. The molecule has 1 aromatic carbocycles. The van der Waals surface area contributed by atoms with Crippen LogP contribution in [0.1, 0.15) is 45.2 Å². The summed E-state index contributed by atoms with van der Waals surface area (Å²) in [7, 11) is 1.91. The highest BCUT2D eigenvalue weighted by molar-refractivity contribution is 5.55. The third kappa shape index (κ3) is 3.94. The number of nitrogens with zero attached hydrogens (tertiary/aromatic N) is 2. The van der Waals surface area contributed by atoms with Crippen LogP contribution in [-0.2, 0) is 0 Å². The first kappa shape index (κ1) is 16.5. The van der Waals surface area contributed by atoms with E-state index in [-0.39, 0.29) is 17.9 Å². The van der Waals surface area contributed by atoms with Crippen LogP contribution in [-0.4, -0.2) is 19.6 Å². The molecule has 0 radical (unpaired) electrons. The lowest BCUT2D eigenvalue weighted by molar-refractivity contribution is 0.525. The molecule has 0 spiro atoms. The summed E-state index contributed by atoms with van der Waals surface area (Å²) in [5.41, 5.74) is 1.53. The molecule has 0 bridgehead atoms. The van der Waals surface area contributed by atoms with Gasteiger partial charge in [-0.2, -0.15) is 5.26 Å². The van der Waals surface area contributed by atoms with Crippen LogP contribution in [0.3, 0.4) is 0 Å². The molecule has 1 rings (SSSR count). The van der Waals surface area contributed by atoms with Gasteiger partial charge in [-0.15, -0.1) is 0 Å². The molecule has 0 fully saturated rings. The minimum absolute atomic E-state index is 0.0529. The van der Waals surface area contributed by atoms with Crippen molar-refractivity contribution in [2.45, 2.75) is 45.7 Å². The summed E-state index contributed by atoms with van der Waals surface area (Å²) in [4.78, 5) is 1.98. The van der Waals surface area contributed by atoms with E-state index in [1.807, 2.05) is 31.9 Å². The monoisotopic (exact) mass is 277 g/mol. The smallest absolute Gasteiger partial charge is 0.130 e. The highest BCUT2D eigenvalue weighted by atomic mass is 19.1. The molecule has 0 aliphatic carbocycles. The maximum Gasteiger partial charge on any atom is 0.130 e. The number of hydrogen-bond acceptors (Lipinski definition) is 3. The zero-order valence-corrected chi connectivity index (χ0v) is 12.8. The fourth-order valence-electron chi connectivity index (χ4n) is 2.23. The Morgan fingerprint density at radius 3 is 2.70 bits per heavy atom. The Balaban J connectivity index is 3.07. The van der Waals surface area contributed by atoms with Gasteiger partial charge >= 0.3 is 0 Å². The van der Waals surface area contributed by atoms with Crippen molar-refractivity contribution in [1.29, 1.82) is 5.26 Å². The van der Waals surface area contributed by atoms with Gasteiger partial charge in [-0.25, -0.2) is 4.39 Å². The lowest BCUT2D eigenvalue weighted by Crippen LogP contribution is -2.31. The third-order valence-corrected chi connectivity index (χ3v) is 3.59. The third-order valence-electron chi connectivity index (χ3n) is 3.59. The second-order valence-electron chi connectivity index (χ2n) is 5.17. The molecule has 0 saturated carbocycles. The summed E-state index contributed by atoms with van der Waals surface area (Å²) in [6, 6.07) is 7.29. The molecule has 4 heteroatoms. The first-order valence-electron chi connectivity index (χ1n) is 7.14. The summed E-state index contributed by atoms with van der Waals surface area (Å²) < 4.78 is 14.2. The number of nitriles is 1. The highest BCUT2D eigenvalue weighted by Gasteiger charge is 2.20. The Morgan fingerprint density at radius 1 is 1.40 bits per heavy atom. The minimum atomic E-state index is -0.199. The van der Waals surface area contributed by atoms with E-state index in [0.717, 1.165) is 18.7 Å². The van der Waals surface area contributed by atoms with E-state index in [1.54, 1.807) is 6.07 Å². The second kappa shape index (κ2) is 7.86. The molecular formula is C16H24FN3. The number of rotatable bonds is 7. The minimum Gasteiger partial charge on any atom is -0.370 e. The van der Waals surface area contributed by atoms with Crippen molar-refractivity contribution in [1.82, 2.24) is 5.32 Å². The van der Waals surface area contributed by atoms with Crippen LogP contribution in [0, 0.1) is 17.1 Å². The molecule has 0 saturated heterocycles. The number of anilines is 1. The number of benzene rings is 1. The van der Waals surface area contributed by atoms with Crippen LogP contribution in [0.5, 0.6) is 0 Å². The van der Waals surface area contributed by atoms with Crippen LogP contribution in [0.15, 0.2) is 18.2 Å². The van der Waals surface area contributed by atoms with E-state index in [0.29, 0.717) is 12.0 Å². The van der Waals surface area contributed by atoms with Gasteiger partial charge < -0.3 is 10.2 Å². The van der Waals surface area contributed by atoms with Crippen molar-refractivity contribution in [3.63, 3.8) is 0 Å². The van der Waals surface area contributed by atoms with Crippen molar-refractivity contribution in [2.75, 3.05) is 18.5 Å². The van der Waals surface area contributed by atoms with Gasteiger partial charge in [0.2, 0.25) is 0 Å². The molecule has 2 unspecified atom stereocenters. The number of halogens is 1. The average molecular weight is 277 g/mol. The van der Waals surface area contributed by atoms with Crippen molar-refractivity contribution < 1.29 is 4.39 Å². The largest absolute Gasteiger partial charge is 0.370 e. The predicted octanol–water partition coefficient (Wildman–Crippen LogP) is 3.62. The lowest BCUT2D eigenvalue weighted by atomic mass is 10.0. The van der Waals surface area contributed by atoms with Gasteiger partial charge in [0, 0.05) is 30.4 Å². The molecule has 20 heavy (non-hydrogen) atoms. The van der Waals surface area contributed by atoms with E-state index in [2.05, 4.69) is 18.3 Å². The van der Waals surface area contributed by atoms with Gasteiger partial charge in [0.1, 0.15) is 5.82 Å². The normalized spacial score (nSPS) is 13.6. The molecule has 0 aromatic heterocycles. The molecule has 2 atom stereocenters. The highest BCUT2D eigenvalue weighted by Crippen LogP contribution is 2.29. The second-order valence-corrected chi connectivity index (χ2v) is 5.17. The fraction of sp³-hybridized carbons (Fsp3) is 0.562. The van der Waals surface area contributed by atoms with Gasteiger partial charge in [-0.05, 0) is 38.9 Å². The molecule has 0 aliphatic heterocycles. The van der Waals surface area contributed by atoms with Crippen molar-refractivity contribution in [2.24, 2.45) is 0 Å². The summed E-state index contributed by atoms with van der Waals surface area (Å²) in [6.45, 7) is 6.89. The van der Waals surface area contributed by atoms with E-state index in [9.17, 15) is 4.39 Å². The molecule has 0 heterocycles. The van der Waals surface area contributed by atoms with Crippen LogP contribution >= 0.6 is 0 Å². The van der Waals surface area contributed by atoms with E-state index >= 15 is 0 Å². The molecule has 110 valence electrons. The summed E-state index contributed by atoms with van der Waals surface area (Å²) in [5, 5.41) is 12.1. The zero-order chi connectivity index (χ0) is 15.1. The van der Waals surface area contributed by atoms with Crippen LogP contribution in [0.2, 0.25) is 0 Å². The van der Waals surface area contributed by atoms with Crippen LogP contribution in [0.25, 0.3) is 0 Å². The van der Waals surface area contributed by atoms with E-state index in [1.165, 1.54) is 6.07 Å². The van der Waals surface area contributed by atoms with Gasteiger partial charge in [0.25, 0.3) is 0 Å². The topological polar surface area (TPSA) is 39.1 Å². The van der Waals surface area contributed by atoms with Crippen LogP contribution < -0.4 is 10.2 Å². The Kier molecular flexibility index (Phi) is 6.47. The summed E-state index contributed by atoms with van der Waals surface area (Å²) in [5.74, 6) is -0.199. The SMILES string of the molecule is CCCNC(C)c1c(F)cccc1N(C)C(C)CC#N. The first-order chi connectivity index (χ1) is 9.52. The first-order valence-corrected chi connectivity index (χ1v) is 7.14. The predicted molar refractivity (Wildman–Crippen MR) is 81.2 cm³/mol. The standard InChI is InChI=1S/C16H24FN3/c1-5-11-19-13(3)16-14(17)7-6-8-15(16)20(4)12(2)9-10-18/h6-8,12-13,19H,5,9,11H2,1-4H3. The van der Waals surface area contributed by atoms with Gasteiger partial charge in [-0.3, -0.25) is 0 Å². The van der Waals surface area contributed by atoms with Crippen LogP contribution in [0.4, 0.5) is 10.1 Å². The molecule has 1 N–H and O–H groups in total. The molecule has 0 amide bonds. The number of nitrogens with one attached hydrogen (secondary N) is 1. The lowest BCUT2D eigenvalue weighted by Gasteiger charge is -2.29. The Bertz CT molecular complexity index is 467. The average Bonchev–Trinajstić information content (AvgIpc) is 2.43. The van der Waals surface area contributed by atoms with Gasteiger partial charge in [-0.1, -0.05) is 13.0 Å². The summed E-state index contributed by atoms with van der Waals surface area (Å²) in [6.07, 6.45) is 1.43. The maximum atomic E-state index is 14.2.